The zero-order chi connectivity index (χ0) is 14.8. The molecule has 21 heavy (non-hydrogen) atoms. The number of amides is 1. The van der Waals surface area contributed by atoms with E-state index in [1.807, 2.05) is 24.3 Å². The summed E-state index contributed by atoms with van der Waals surface area (Å²) in [6.07, 6.45) is 9.35. The van der Waals surface area contributed by atoms with E-state index in [0.717, 1.165) is 42.9 Å². The van der Waals surface area contributed by atoms with Gasteiger partial charge in [0.25, 0.3) is 0 Å². The molecule has 1 atom stereocenters. The average Bonchev–Trinajstić information content (AvgIpc) is 2.94. The third-order valence-corrected chi connectivity index (χ3v) is 3.94. The molecule has 0 spiro atoms. The number of carbonyl (C=O) groups excluding carboxylic acids is 1. The molecule has 110 valence electrons. The normalized spacial score (nSPS) is 18.8. The molecule has 0 saturated carbocycles. The summed E-state index contributed by atoms with van der Waals surface area (Å²) in [5, 5.41) is 4.17. The van der Waals surface area contributed by atoms with E-state index in [4.69, 9.17) is 4.98 Å². The summed E-state index contributed by atoms with van der Waals surface area (Å²) < 4.78 is 1.75. The first kappa shape index (κ1) is 13.7. The van der Waals surface area contributed by atoms with Crippen LogP contribution in [0, 0.1) is 0 Å². The number of hydrogen-bond acceptors (Lipinski definition) is 4. The number of carbonyl (C=O) groups is 1. The van der Waals surface area contributed by atoms with Gasteiger partial charge < -0.3 is 4.90 Å². The number of rotatable bonds is 2. The minimum absolute atomic E-state index is 0.135. The molecule has 1 aliphatic heterocycles. The highest BCUT2D eigenvalue weighted by molar-refractivity contribution is 5.73. The van der Waals surface area contributed by atoms with Crippen molar-refractivity contribution in [2.75, 3.05) is 13.1 Å². The zero-order valence-electron chi connectivity index (χ0n) is 12.4. The highest BCUT2D eigenvalue weighted by Crippen LogP contribution is 2.26. The third-order valence-electron chi connectivity index (χ3n) is 3.94. The number of likely N-dealkylation sites (tertiary alicyclic amines) is 1. The molecule has 0 N–H and O–H groups in total. The van der Waals surface area contributed by atoms with Crippen molar-refractivity contribution >= 4 is 5.91 Å². The molecule has 1 saturated heterocycles. The maximum Gasteiger partial charge on any atom is 0.219 e. The monoisotopic (exact) mass is 285 g/mol. The summed E-state index contributed by atoms with van der Waals surface area (Å²) in [6, 6.07) is 0. The van der Waals surface area contributed by atoms with E-state index in [1.54, 1.807) is 24.0 Å². The van der Waals surface area contributed by atoms with Crippen LogP contribution in [0.5, 0.6) is 0 Å². The van der Waals surface area contributed by atoms with Gasteiger partial charge in [-0.2, -0.15) is 5.10 Å². The SMILES string of the molecule is CC(=O)N1CCC[C@@H](c2cncc(-c3cnn(C)c3)n2)C1. The molecular weight excluding hydrogens is 266 g/mol. The number of nitrogens with zero attached hydrogens (tertiary/aromatic N) is 5. The first-order valence-corrected chi connectivity index (χ1v) is 7.20. The predicted molar refractivity (Wildman–Crippen MR) is 78.5 cm³/mol. The van der Waals surface area contributed by atoms with E-state index >= 15 is 0 Å². The third kappa shape index (κ3) is 2.94. The smallest absolute Gasteiger partial charge is 0.219 e. The highest BCUT2D eigenvalue weighted by atomic mass is 16.2. The molecule has 6 nitrogen and oxygen atoms in total. The van der Waals surface area contributed by atoms with Gasteiger partial charge in [-0.25, -0.2) is 4.98 Å². The Morgan fingerprint density at radius 2 is 2.19 bits per heavy atom. The molecule has 2 aromatic heterocycles. The molecule has 1 amide bonds. The Morgan fingerprint density at radius 1 is 1.33 bits per heavy atom. The Labute approximate surface area is 123 Å². The van der Waals surface area contributed by atoms with Gasteiger partial charge in [-0.05, 0) is 12.8 Å². The summed E-state index contributed by atoms with van der Waals surface area (Å²) in [5.74, 6) is 0.405. The standard InChI is InChI=1S/C15H19N5O/c1-11(21)20-5-3-4-12(10-20)14-7-16-8-15(18-14)13-6-17-19(2)9-13/h6-9,12H,3-5,10H2,1-2H3/t12-/m1/s1. The van der Waals surface area contributed by atoms with E-state index in [0.29, 0.717) is 0 Å². The molecule has 2 aromatic rings. The van der Waals surface area contributed by atoms with Gasteiger partial charge >= 0.3 is 0 Å². The molecule has 0 bridgehead atoms. The molecule has 0 aromatic carbocycles. The van der Waals surface area contributed by atoms with Gasteiger partial charge in [0.05, 0.1) is 23.8 Å². The Balaban J connectivity index is 1.84. The molecule has 1 aliphatic rings. The average molecular weight is 285 g/mol. The van der Waals surface area contributed by atoms with Crippen molar-refractivity contribution < 1.29 is 4.79 Å². The van der Waals surface area contributed by atoms with E-state index in [1.165, 1.54) is 0 Å². The molecular formula is C15H19N5O. The van der Waals surface area contributed by atoms with E-state index < -0.39 is 0 Å². The van der Waals surface area contributed by atoms with E-state index in [-0.39, 0.29) is 11.8 Å². The minimum atomic E-state index is 0.135. The van der Waals surface area contributed by atoms with Crippen LogP contribution in [0.3, 0.4) is 0 Å². The van der Waals surface area contributed by atoms with Gasteiger partial charge in [-0.3, -0.25) is 14.5 Å². The van der Waals surface area contributed by atoms with Crippen molar-refractivity contribution in [2.45, 2.75) is 25.7 Å². The van der Waals surface area contributed by atoms with Crippen molar-refractivity contribution in [3.05, 3.63) is 30.5 Å². The lowest BCUT2D eigenvalue weighted by Crippen LogP contribution is -2.37. The Kier molecular flexibility index (Phi) is 3.68. The lowest BCUT2D eigenvalue weighted by molar-refractivity contribution is -0.130. The highest BCUT2D eigenvalue weighted by Gasteiger charge is 2.24. The molecule has 0 radical (unpaired) electrons. The number of piperidine rings is 1. The Morgan fingerprint density at radius 3 is 2.90 bits per heavy atom. The predicted octanol–water partition coefficient (Wildman–Crippen LogP) is 1.60. The van der Waals surface area contributed by atoms with E-state index in [2.05, 4.69) is 10.1 Å². The van der Waals surface area contributed by atoms with Crippen LogP contribution in [0.15, 0.2) is 24.8 Å². The molecule has 6 heteroatoms. The van der Waals surface area contributed by atoms with Crippen LogP contribution in [0.1, 0.15) is 31.4 Å². The maximum absolute atomic E-state index is 11.5. The lowest BCUT2D eigenvalue weighted by Gasteiger charge is -2.31. The summed E-state index contributed by atoms with van der Waals surface area (Å²) in [5.41, 5.74) is 2.76. The first-order chi connectivity index (χ1) is 10.1. The number of hydrogen-bond donors (Lipinski definition) is 0. The Bertz CT molecular complexity index is 651. The van der Waals surface area contributed by atoms with Crippen molar-refractivity contribution in [3.63, 3.8) is 0 Å². The van der Waals surface area contributed by atoms with Gasteiger partial charge in [0, 0.05) is 50.9 Å². The van der Waals surface area contributed by atoms with Gasteiger partial charge in [-0.1, -0.05) is 0 Å². The Hall–Kier alpha value is -2.24. The molecule has 1 fully saturated rings. The first-order valence-electron chi connectivity index (χ1n) is 7.20. The van der Waals surface area contributed by atoms with Crippen LogP contribution in [0.4, 0.5) is 0 Å². The summed E-state index contributed by atoms with van der Waals surface area (Å²) in [6.45, 7) is 3.21. The van der Waals surface area contributed by atoms with Crippen molar-refractivity contribution in [1.29, 1.82) is 0 Å². The quantitative estimate of drug-likeness (QED) is 0.841. The second-order valence-corrected chi connectivity index (χ2v) is 5.54. The van der Waals surface area contributed by atoms with Gasteiger partial charge in [0.15, 0.2) is 0 Å². The fourth-order valence-electron chi connectivity index (χ4n) is 2.77. The summed E-state index contributed by atoms with van der Waals surface area (Å²) in [7, 11) is 1.88. The summed E-state index contributed by atoms with van der Waals surface area (Å²) in [4.78, 5) is 22.5. The van der Waals surface area contributed by atoms with Crippen molar-refractivity contribution in [2.24, 2.45) is 7.05 Å². The van der Waals surface area contributed by atoms with Crippen LogP contribution in [0.2, 0.25) is 0 Å². The van der Waals surface area contributed by atoms with Crippen LogP contribution >= 0.6 is 0 Å². The molecule has 0 unspecified atom stereocenters. The van der Waals surface area contributed by atoms with Crippen LogP contribution in [0.25, 0.3) is 11.3 Å². The summed E-state index contributed by atoms with van der Waals surface area (Å²) >= 11 is 0. The minimum Gasteiger partial charge on any atom is -0.342 e. The van der Waals surface area contributed by atoms with Crippen molar-refractivity contribution in [1.82, 2.24) is 24.6 Å². The number of aromatic nitrogens is 4. The second kappa shape index (κ2) is 5.63. The molecule has 3 heterocycles. The topological polar surface area (TPSA) is 63.9 Å². The van der Waals surface area contributed by atoms with Crippen LogP contribution in [-0.4, -0.2) is 43.6 Å². The maximum atomic E-state index is 11.5. The second-order valence-electron chi connectivity index (χ2n) is 5.54. The molecule has 3 rings (SSSR count). The van der Waals surface area contributed by atoms with Crippen molar-refractivity contribution in [3.8, 4) is 11.3 Å². The molecule has 0 aliphatic carbocycles. The van der Waals surface area contributed by atoms with Crippen LogP contribution < -0.4 is 0 Å². The largest absolute Gasteiger partial charge is 0.342 e. The van der Waals surface area contributed by atoms with Crippen LogP contribution in [-0.2, 0) is 11.8 Å². The fourth-order valence-corrected chi connectivity index (χ4v) is 2.77. The lowest BCUT2D eigenvalue weighted by atomic mass is 9.95. The van der Waals surface area contributed by atoms with Gasteiger partial charge in [0.2, 0.25) is 5.91 Å². The van der Waals surface area contributed by atoms with E-state index in [9.17, 15) is 4.79 Å². The fraction of sp³-hybridized carbons (Fsp3) is 0.467. The number of aryl methyl sites for hydroxylation is 1. The van der Waals surface area contributed by atoms with Gasteiger partial charge in [0.1, 0.15) is 0 Å². The zero-order valence-corrected chi connectivity index (χ0v) is 12.4. The van der Waals surface area contributed by atoms with Gasteiger partial charge in [-0.15, -0.1) is 0 Å².